The van der Waals surface area contributed by atoms with Crippen LogP contribution in [0.3, 0.4) is 0 Å². The Kier molecular flexibility index (Phi) is 3.77. The van der Waals surface area contributed by atoms with Crippen molar-refractivity contribution in [3.63, 3.8) is 0 Å². The van der Waals surface area contributed by atoms with E-state index in [0.29, 0.717) is 18.7 Å². The van der Waals surface area contributed by atoms with Gasteiger partial charge in [0, 0.05) is 39.6 Å². The molecule has 7 nitrogen and oxygen atoms in total. The van der Waals surface area contributed by atoms with Gasteiger partial charge in [0.05, 0.1) is 23.3 Å². The van der Waals surface area contributed by atoms with E-state index in [0.717, 1.165) is 17.1 Å². The van der Waals surface area contributed by atoms with Crippen LogP contribution in [-0.2, 0) is 11.8 Å². The minimum Gasteiger partial charge on any atom is -0.379 e. The molecule has 1 aliphatic rings. The molecule has 0 amide bonds. The quantitative estimate of drug-likeness (QED) is 0.841. The first-order valence-corrected chi connectivity index (χ1v) is 7.13. The second-order valence-electron chi connectivity index (χ2n) is 5.54. The van der Waals surface area contributed by atoms with Gasteiger partial charge in [-0.25, -0.2) is 4.98 Å². The number of hydrogen-bond acceptors (Lipinski definition) is 6. The Bertz CT molecular complexity index is 719. The molecule has 1 saturated heterocycles. The van der Waals surface area contributed by atoms with Crippen molar-refractivity contribution in [1.29, 1.82) is 5.26 Å². The minimum absolute atomic E-state index is 0.00514. The van der Waals surface area contributed by atoms with Crippen LogP contribution in [-0.4, -0.2) is 46.3 Å². The molecule has 7 heteroatoms. The predicted molar refractivity (Wildman–Crippen MR) is 80.4 cm³/mol. The molecule has 114 valence electrons. The Morgan fingerprint density at radius 3 is 2.86 bits per heavy atom. The van der Waals surface area contributed by atoms with Gasteiger partial charge in [0.2, 0.25) is 0 Å². The largest absolute Gasteiger partial charge is 0.379 e. The molecule has 0 unspecified atom stereocenters. The van der Waals surface area contributed by atoms with Gasteiger partial charge in [-0.15, -0.1) is 5.10 Å². The van der Waals surface area contributed by atoms with Crippen molar-refractivity contribution in [2.45, 2.75) is 18.9 Å². The average Bonchev–Trinajstić information content (AvgIpc) is 3.12. The molecule has 0 aliphatic carbocycles. The molecule has 0 saturated carbocycles. The number of rotatable bonds is 3. The Morgan fingerprint density at radius 1 is 1.41 bits per heavy atom. The minimum atomic E-state index is 0.00514. The number of aryl methyl sites for hydroxylation is 2. The van der Waals surface area contributed by atoms with Gasteiger partial charge >= 0.3 is 0 Å². The molecule has 1 fully saturated rings. The molecule has 3 rings (SSSR count). The topological polar surface area (TPSA) is 79.9 Å². The van der Waals surface area contributed by atoms with E-state index in [1.165, 1.54) is 0 Å². The van der Waals surface area contributed by atoms with E-state index in [1.807, 2.05) is 26.2 Å². The van der Waals surface area contributed by atoms with Crippen molar-refractivity contribution < 1.29 is 4.74 Å². The number of nitrogens with zero attached hydrogens (tertiary/aromatic N) is 6. The van der Waals surface area contributed by atoms with Crippen LogP contribution in [0.4, 0.5) is 5.82 Å². The Morgan fingerprint density at radius 2 is 2.23 bits per heavy atom. The smallest absolute Gasteiger partial charge is 0.146 e. The molecule has 2 aromatic rings. The monoisotopic (exact) mass is 298 g/mol. The standard InChI is InChI=1S/C15H18N6O/c1-10-4-5-17-15(11(10)6-16)21-7-12(14(9-21)22-3)13-8-20(2)19-18-13/h4-5,8,12,14H,7,9H2,1-3H3/t12-,14+/m0/s1. The van der Waals surface area contributed by atoms with E-state index in [2.05, 4.69) is 26.3 Å². The van der Waals surface area contributed by atoms with E-state index in [4.69, 9.17) is 4.74 Å². The van der Waals surface area contributed by atoms with Crippen molar-refractivity contribution in [3.8, 4) is 6.07 Å². The molecular weight excluding hydrogens is 280 g/mol. The van der Waals surface area contributed by atoms with Crippen molar-refractivity contribution in [1.82, 2.24) is 20.0 Å². The lowest BCUT2D eigenvalue weighted by Gasteiger charge is -2.18. The lowest BCUT2D eigenvalue weighted by atomic mass is 10.0. The molecule has 0 N–H and O–H groups in total. The summed E-state index contributed by atoms with van der Waals surface area (Å²) < 4.78 is 7.30. The van der Waals surface area contributed by atoms with Gasteiger partial charge in [-0.1, -0.05) is 5.21 Å². The van der Waals surface area contributed by atoms with Crippen molar-refractivity contribution in [2.75, 3.05) is 25.1 Å². The summed E-state index contributed by atoms with van der Waals surface area (Å²) in [5, 5.41) is 17.6. The van der Waals surface area contributed by atoms with Crippen molar-refractivity contribution in [3.05, 3.63) is 35.3 Å². The molecule has 1 aliphatic heterocycles. The zero-order chi connectivity index (χ0) is 15.7. The van der Waals surface area contributed by atoms with Gasteiger partial charge in [0.15, 0.2) is 0 Å². The zero-order valence-corrected chi connectivity index (χ0v) is 12.9. The molecular formula is C15H18N6O. The number of pyridine rings is 1. The maximum atomic E-state index is 9.40. The summed E-state index contributed by atoms with van der Waals surface area (Å²) in [5.41, 5.74) is 2.46. The summed E-state index contributed by atoms with van der Waals surface area (Å²) in [6.45, 7) is 3.32. The van der Waals surface area contributed by atoms with Crippen LogP contribution in [0.1, 0.15) is 22.7 Å². The van der Waals surface area contributed by atoms with Crippen LogP contribution in [0, 0.1) is 18.3 Å². The van der Waals surface area contributed by atoms with E-state index >= 15 is 0 Å². The fourth-order valence-electron chi connectivity index (χ4n) is 2.93. The van der Waals surface area contributed by atoms with Gasteiger partial charge in [-0.3, -0.25) is 4.68 Å². The molecule has 3 heterocycles. The number of nitriles is 1. The first-order valence-electron chi connectivity index (χ1n) is 7.13. The molecule has 0 aromatic carbocycles. The SMILES string of the molecule is CO[C@@H]1CN(c2nccc(C)c2C#N)C[C@H]1c1cn(C)nn1. The van der Waals surface area contributed by atoms with Crippen LogP contribution in [0.5, 0.6) is 0 Å². The lowest BCUT2D eigenvalue weighted by Crippen LogP contribution is -2.24. The van der Waals surface area contributed by atoms with Crippen LogP contribution in [0.25, 0.3) is 0 Å². The van der Waals surface area contributed by atoms with Gasteiger partial charge in [-0.05, 0) is 18.6 Å². The number of methoxy groups -OCH3 is 1. The maximum absolute atomic E-state index is 9.40. The highest BCUT2D eigenvalue weighted by molar-refractivity contribution is 5.58. The third-order valence-corrected chi connectivity index (χ3v) is 4.12. The van der Waals surface area contributed by atoms with Gasteiger partial charge in [-0.2, -0.15) is 5.26 Å². The highest BCUT2D eigenvalue weighted by atomic mass is 16.5. The second-order valence-corrected chi connectivity index (χ2v) is 5.54. The number of hydrogen-bond donors (Lipinski definition) is 0. The van der Waals surface area contributed by atoms with Gasteiger partial charge in [0.25, 0.3) is 0 Å². The third-order valence-electron chi connectivity index (χ3n) is 4.12. The summed E-state index contributed by atoms with van der Waals surface area (Å²) in [6, 6.07) is 4.11. The fraction of sp³-hybridized carbons (Fsp3) is 0.467. The second kappa shape index (κ2) is 5.73. The van der Waals surface area contributed by atoms with E-state index in [-0.39, 0.29) is 12.0 Å². The Hall–Kier alpha value is -2.46. The van der Waals surface area contributed by atoms with Crippen LogP contribution in [0.15, 0.2) is 18.5 Å². The van der Waals surface area contributed by atoms with E-state index in [9.17, 15) is 5.26 Å². The summed E-state index contributed by atoms with van der Waals surface area (Å²) in [7, 11) is 3.55. The van der Waals surface area contributed by atoms with Crippen molar-refractivity contribution >= 4 is 5.82 Å². The average molecular weight is 298 g/mol. The van der Waals surface area contributed by atoms with E-state index < -0.39 is 0 Å². The highest BCUT2D eigenvalue weighted by Crippen LogP contribution is 2.32. The van der Waals surface area contributed by atoms with Crippen LogP contribution >= 0.6 is 0 Å². The lowest BCUT2D eigenvalue weighted by molar-refractivity contribution is 0.105. The highest BCUT2D eigenvalue weighted by Gasteiger charge is 2.37. The van der Waals surface area contributed by atoms with Crippen LogP contribution in [0.2, 0.25) is 0 Å². The first-order chi connectivity index (χ1) is 10.6. The maximum Gasteiger partial charge on any atom is 0.146 e. The Labute approximate surface area is 129 Å². The molecule has 2 aromatic heterocycles. The molecule has 2 atom stereocenters. The van der Waals surface area contributed by atoms with Gasteiger partial charge in [0.1, 0.15) is 11.9 Å². The fourth-order valence-corrected chi connectivity index (χ4v) is 2.93. The zero-order valence-electron chi connectivity index (χ0n) is 12.9. The summed E-state index contributed by atoms with van der Waals surface area (Å²) in [4.78, 5) is 6.50. The van der Waals surface area contributed by atoms with E-state index in [1.54, 1.807) is 18.0 Å². The third kappa shape index (κ3) is 2.42. The summed E-state index contributed by atoms with van der Waals surface area (Å²) in [5.74, 6) is 0.837. The summed E-state index contributed by atoms with van der Waals surface area (Å²) in [6.07, 6.45) is 3.66. The molecule has 22 heavy (non-hydrogen) atoms. The normalized spacial score (nSPS) is 21.1. The van der Waals surface area contributed by atoms with Crippen LogP contribution < -0.4 is 4.90 Å². The molecule has 0 spiro atoms. The molecule has 0 radical (unpaired) electrons. The number of ether oxygens (including phenoxy) is 1. The predicted octanol–water partition coefficient (Wildman–Crippen LogP) is 1.01. The first kappa shape index (κ1) is 14.5. The number of anilines is 1. The summed E-state index contributed by atoms with van der Waals surface area (Å²) >= 11 is 0. The Balaban J connectivity index is 1.92. The van der Waals surface area contributed by atoms with Crippen molar-refractivity contribution in [2.24, 2.45) is 7.05 Å². The number of aromatic nitrogens is 4. The molecule has 0 bridgehead atoms. The van der Waals surface area contributed by atoms with Gasteiger partial charge < -0.3 is 9.64 Å².